The van der Waals surface area contributed by atoms with E-state index in [1.54, 1.807) is 28.4 Å². The van der Waals surface area contributed by atoms with Gasteiger partial charge in [0.1, 0.15) is 0 Å². The van der Waals surface area contributed by atoms with Gasteiger partial charge in [-0.2, -0.15) is 5.10 Å². The van der Waals surface area contributed by atoms with E-state index < -0.39 is 0 Å². The largest absolute Gasteiger partial charge is 0.322 e. The van der Waals surface area contributed by atoms with Crippen molar-refractivity contribution < 1.29 is 4.79 Å². The smallest absolute Gasteiger partial charge is 0.318 e. The number of urea groups is 1. The number of hydrogen-bond donors (Lipinski definition) is 1. The lowest BCUT2D eigenvalue weighted by Gasteiger charge is -2.26. The number of nitrogens with zero attached hydrogens (tertiary/aromatic N) is 4. The van der Waals surface area contributed by atoms with Crippen LogP contribution in [0.4, 0.5) is 10.5 Å². The van der Waals surface area contributed by atoms with Crippen LogP contribution >= 0.6 is 11.3 Å². The van der Waals surface area contributed by atoms with Crippen molar-refractivity contribution in [1.29, 1.82) is 0 Å². The van der Waals surface area contributed by atoms with E-state index in [-0.39, 0.29) is 6.03 Å². The lowest BCUT2D eigenvalue weighted by Crippen LogP contribution is -2.40. The van der Waals surface area contributed by atoms with Crippen LogP contribution < -0.4 is 5.32 Å². The van der Waals surface area contributed by atoms with E-state index in [4.69, 9.17) is 0 Å². The molecular weight excluding hydrogens is 310 g/mol. The summed E-state index contributed by atoms with van der Waals surface area (Å²) in [5.41, 5.74) is 0.719. The highest BCUT2D eigenvalue weighted by Crippen LogP contribution is 2.13. The molecule has 2 heterocycles. The van der Waals surface area contributed by atoms with Gasteiger partial charge in [0.2, 0.25) is 0 Å². The van der Waals surface area contributed by atoms with Crippen molar-refractivity contribution in [1.82, 2.24) is 19.6 Å². The summed E-state index contributed by atoms with van der Waals surface area (Å²) < 4.78 is 1.68. The van der Waals surface area contributed by atoms with E-state index in [1.807, 2.05) is 23.4 Å². The summed E-state index contributed by atoms with van der Waals surface area (Å²) in [5, 5.41) is 9.05. The molecule has 0 spiro atoms. The average molecular weight is 335 g/mol. The first-order valence-electron chi connectivity index (χ1n) is 7.91. The summed E-state index contributed by atoms with van der Waals surface area (Å²) in [4.78, 5) is 18.0. The first-order chi connectivity index (χ1) is 11.1. The molecule has 2 amide bonds. The first-order valence-corrected chi connectivity index (χ1v) is 8.79. The normalized spacial score (nSPS) is 11.0. The van der Waals surface area contributed by atoms with Gasteiger partial charge in [-0.3, -0.25) is 4.68 Å². The fourth-order valence-corrected chi connectivity index (χ4v) is 3.05. The third-order valence-corrected chi connectivity index (χ3v) is 4.61. The SMILES string of the molecule is CCN(CC)CCN(Cc1cccs1)C(=O)Nc1cnn(C)c1. The first kappa shape index (κ1) is 17.5. The van der Waals surface area contributed by atoms with E-state index in [0.717, 1.165) is 25.3 Å². The standard InChI is InChI=1S/C16H25N5OS/c1-4-20(5-2)8-9-21(13-15-7-6-10-23-15)16(22)18-14-11-17-19(3)12-14/h6-7,10-12H,4-5,8-9,13H2,1-3H3,(H,18,22). The summed E-state index contributed by atoms with van der Waals surface area (Å²) in [6, 6.07) is 3.99. The molecule has 0 bridgehead atoms. The van der Waals surface area contributed by atoms with Crippen LogP contribution in [0.15, 0.2) is 29.9 Å². The predicted octanol–water partition coefficient (Wildman–Crippen LogP) is 2.86. The predicted molar refractivity (Wildman–Crippen MR) is 94.7 cm³/mol. The zero-order valence-electron chi connectivity index (χ0n) is 14.0. The number of nitrogens with one attached hydrogen (secondary N) is 1. The Morgan fingerprint density at radius 1 is 1.35 bits per heavy atom. The van der Waals surface area contributed by atoms with Crippen LogP contribution in [-0.4, -0.2) is 51.8 Å². The highest BCUT2D eigenvalue weighted by molar-refractivity contribution is 7.09. The Bertz CT molecular complexity index is 591. The molecule has 0 aliphatic carbocycles. The summed E-state index contributed by atoms with van der Waals surface area (Å²) in [5.74, 6) is 0. The molecule has 7 heteroatoms. The van der Waals surface area contributed by atoms with Gasteiger partial charge in [0, 0.05) is 31.2 Å². The van der Waals surface area contributed by atoms with E-state index in [2.05, 4.69) is 35.2 Å². The van der Waals surface area contributed by atoms with Gasteiger partial charge >= 0.3 is 6.03 Å². The van der Waals surface area contributed by atoms with Gasteiger partial charge in [-0.1, -0.05) is 19.9 Å². The van der Waals surface area contributed by atoms with Crippen molar-refractivity contribution in [2.45, 2.75) is 20.4 Å². The van der Waals surface area contributed by atoms with Crippen molar-refractivity contribution in [3.63, 3.8) is 0 Å². The van der Waals surface area contributed by atoms with Gasteiger partial charge in [0.15, 0.2) is 0 Å². The van der Waals surface area contributed by atoms with Gasteiger partial charge < -0.3 is 15.1 Å². The Labute approximate surface area is 141 Å². The number of anilines is 1. The van der Waals surface area contributed by atoms with Crippen LogP contribution in [0, 0.1) is 0 Å². The molecule has 0 saturated heterocycles. The molecule has 0 aromatic carbocycles. The average Bonchev–Trinajstić information content (AvgIpc) is 3.18. The number of aromatic nitrogens is 2. The summed E-state index contributed by atoms with van der Waals surface area (Å²) in [6.07, 6.45) is 3.46. The number of carbonyl (C=O) groups is 1. The molecule has 2 rings (SSSR count). The molecule has 1 N–H and O–H groups in total. The second kappa shape index (κ2) is 8.69. The van der Waals surface area contributed by atoms with Gasteiger partial charge in [0.05, 0.1) is 18.4 Å². The summed E-state index contributed by atoms with van der Waals surface area (Å²) in [6.45, 7) is 8.47. The maximum Gasteiger partial charge on any atom is 0.322 e. The lowest BCUT2D eigenvalue weighted by molar-refractivity contribution is 0.195. The highest BCUT2D eigenvalue weighted by Gasteiger charge is 2.16. The van der Waals surface area contributed by atoms with Crippen molar-refractivity contribution in [2.75, 3.05) is 31.5 Å². The fraction of sp³-hybridized carbons (Fsp3) is 0.500. The number of hydrogen-bond acceptors (Lipinski definition) is 4. The van der Waals surface area contributed by atoms with Crippen LogP contribution in [0.1, 0.15) is 18.7 Å². The molecular formula is C16H25N5OS. The quantitative estimate of drug-likeness (QED) is 0.807. The second-order valence-corrected chi connectivity index (χ2v) is 6.39. The molecule has 23 heavy (non-hydrogen) atoms. The monoisotopic (exact) mass is 335 g/mol. The van der Waals surface area contributed by atoms with Crippen LogP contribution in [0.3, 0.4) is 0 Å². The van der Waals surface area contributed by atoms with Gasteiger partial charge in [-0.25, -0.2) is 4.79 Å². The molecule has 2 aromatic rings. The number of thiophene rings is 1. The molecule has 0 unspecified atom stereocenters. The van der Waals surface area contributed by atoms with E-state index in [0.29, 0.717) is 13.1 Å². The van der Waals surface area contributed by atoms with E-state index >= 15 is 0 Å². The molecule has 0 fully saturated rings. The van der Waals surface area contributed by atoms with Crippen molar-refractivity contribution in [3.05, 3.63) is 34.8 Å². The van der Waals surface area contributed by atoms with Crippen molar-refractivity contribution in [3.8, 4) is 0 Å². The van der Waals surface area contributed by atoms with Crippen LogP contribution in [0.5, 0.6) is 0 Å². The molecule has 0 atom stereocenters. The Morgan fingerprint density at radius 3 is 2.70 bits per heavy atom. The van der Waals surface area contributed by atoms with E-state index in [1.165, 1.54) is 4.88 Å². The minimum atomic E-state index is -0.0847. The molecule has 0 radical (unpaired) electrons. The minimum Gasteiger partial charge on any atom is -0.318 e. The number of amides is 2. The Hall–Kier alpha value is -1.86. The summed E-state index contributed by atoms with van der Waals surface area (Å²) >= 11 is 1.67. The number of rotatable bonds is 8. The maximum absolute atomic E-state index is 12.6. The lowest BCUT2D eigenvalue weighted by atomic mass is 10.4. The van der Waals surface area contributed by atoms with Crippen LogP contribution in [0.25, 0.3) is 0 Å². The highest BCUT2D eigenvalue weighted by atomic mass is 32.1. The third-order valence-electron chi connectivity index (χ3n) is 3.75. The third kappa shape index (κ3) is 5.37. The molecule has 0 aliphatic rings. The zero-order valence-corrected chi connectivity index (χ0v) is 14.8. The zero-order chi connectivity index (χ0) is 16.7. The number of aryl methyl sites for hydroxylation is 1. The maximum atomic E-state index is 12.6. The molecule has 2 aromatic heterocycles. The molecule has 0 aliphatic heterocycles. The second-order valence-electron chi connectivity index (χ2n) is 5.36. The topological polar surface area (TPSA) is 53.4 Å². The van der Waals surface area contributed by atoms with Gasteiger partial charge in [0.25, 0.3) is 0 Å². The van der Waals surface area contributed by atoms with E-state index in [9.17, 15) is 4.79 Å². The van der Waals surface area contributed by atoms with Crippen LogP contribution in [-0.2, 0) is 13.6 Å². The summed E-state index contributed by atoms with van der Waals surface area (Å²) in [7, 11) is 1.83. The Balaban J connectivity index is 2.00. The molecule has 0 saturated carbocycles. The Kier molecular flexibility index (Phi) is 6.61. The Morgan fingerprint density at radius 2 is 2.13 bits per heavy atom. The van der Waals surface area contributed by atoms with Gasteiger partial charge in [-0.15, -0.1) is 11.3 Å². The fourth-order valence-electron chi connectivity index (χ4n) is 2.33. The van der Waals surface area contributed by atoms with Crippen LogP contribution in [0.2, 0.25) is 0 Å². The molecule has 6 nitrogen and oxygen atoms in total. The van der Waals surface area contributed by atoms with Crippen molar-refractivity contribution >= 4 is 23.1 Å². The molecule has 126 valence electrons. The minimum absolute atomic E-state index is 0.0847. The number of carbonyl (C=O) groups excluding carboxylic acids is 1. The van der Waals surface area contributed by atoms with Crippen molar-refractivity contribution in [2.24, 2.45) is 7.05 Å². The number of likely N-dealkylation sites (N-methyl/N-ethyl adjacent to an activating group) is 1. The van der Waals surface area contributed by atoms with Gasteiger partial charge in [-0.05, 0) is 24.5 Å².